The van der Waals surface area contributed by atoms with E-state index >= 15 is 0 Å². The summed E-state index contributed by atoms with van der Waals surface area (Å²) in [6, 6.07) is 14.4. The Kier molecular flexibility index (Phi) is 5.16. The lowest BCUT2D eigenvalue weighted by molar-refractivity contribution is -0.131. The molecule has 1 aliphatic rings. The second-order valence-electron chi connectivity index (χ2n) is 8.54. The molecule has 3 amide bonds. The summed E-state index contributed by atoms with van der Waals surface area (Å²) in [7, 11) is 0. The Bertz CT molecular complexity index is 1350. The summed E-state index contributed by atoms with van der Waals surface area (Å²) < 4.78 is 6.81. The van der Waals surface area contributed by atoms with Gasteiger partial charge in [-0.05, 0) is 46.5 Å². The molecular formula is C23H22N8O3. The fraction of sp³-hybridized carbons (Fsp3) is 0.261. The van der Waals surface area contributed by atoms with Gasteiger partial charge in [-0.1, -0.05) is 55.4 Å². The summed E-state index contributed by atoms with van der Waals surface area (Å²) in [5, 5.41) is 17.9. The molecule has 11 heteroatoms. The normalized spacial score (nSPS) is 18.1. The number of nitrogens with zero attached hydrogens (tertiary/aromatic N) is 7. The number of rotatable bonds is 6. The number of carbonyl (C=O) groups excluding carboxylic acids is 2. The van der Waals surface area contributed by atoms with Crippen LogP contribution in [-0.2, 0) is 16.9 Å². The predicted molar refractivity (Wildman–Crippen MR) is 119 cm³/mol. The van der Waals surface area contributed by atoms with E-state index in [9.17, 15) is 9.59 Å². The maximum Gasteiger partial charge on any atom is 0.325 e. The van der Waals surface area contributed by atoms with Crippen molar-refractivity contribution < 1.29 is 14.1 Å². The van der Waals surface area contributed by atoms with E-state index < -0.39 is 17.5 Å². The smallest absolute Gasteiger partial charge is 0.325 e. The van der Waals surface area contributed by atoms with Crippen LogP contribution < -0.4 is 5.32 Å². The van der Waals surface area contributed by atoms with Gasteiger partial charge in [0.15, 0.2) is 0 Å². The van der Waals surface area contributed by atoms with E-state index in [1.54, 1.807) is 31.2 Å². The number of hydrogen-bond acceptors (Lipinski definition) is 8. The van der Waals surface area contributed by atoms with Crippen molar-refractivity contribution >= 4 is 11.9 Å². The van der Waals surface area contributed by atoms with Crippen LogP contribution in [0.3, 0.4) is 0 Å². The molecule has 11 nitrogen and oxygen atoms in total. The van der Waals surface area contributed by atoms with Gasteiger partial charge in [-0.3, -0.25) is 9.69 Å². The minimum Gasteiger partial charge on any atom is -0.337 e. The summed E-state index contributed by atoms with van der Waals surface area (Å²) in [6.45, 7) is 5.76. The summed E-state index contributed by atoms with van der Waals surface area (Å²) in [6.07, 6.45) is 1.45. The topological polar surface area (TPSA) is 132 Å². The van der Waals surface area contributed by atoms with Crippen LogP contribution in [-0.4, -0.2) is 47.2 Å². The lowest BCUT2D eigenvalue weighted by Crippen LogP contribution is -2.40. The number of nitrogens with one attached hydrogen (secondary N) is 1. The molecule has 4 aromatic rings. The van der Waals surface area contributed by atoms with Crippen molar-refractivity contribution in [3.8, 4) is 17.1 Å². The number of benzene rings is 2. The van der Waals surface area contributed by atoms with Crippen LogP contribution in [0.1, 0.15) is 43.7 Å². The molecule has 1 aliphatic heterocycles. The van der Waals surface area contributed by atoms with Crippen LogP contribution in [0, 0.1) is 0 Å². The molecule has 0 unspecified atom stereocenters. The van der Waals surface area contributed by atoms with Gasteiger partial charge in [0.05, 0.1) is 5.69 Å². The molecule has 5 rings (SSSR count). The molecule has 0 saturated carbocycles. The van der Waals surface area contributed by atoms with E-state index in [1.165, 1.54) is 16.6 Å². The van der Waals surface area contributed by atoms with Crippen molar-refractivity contribution in [1.82, 2.24) is 40.6 Å². The van der Waals surface area contributed by atoms with Crippen molar-refractivity contribution in [2.24, 2.45) is 0 Å². The molecule has 0 bridgehead atoms. The van der Waals surface area contributed by atoms with Crippen LogP contribution in [0.4, 0.5) is 4.79 Å². The molecular weight excluding hydrogens is 436 g/mol. The summed E-state index contributed by atoms with van der Waals surface area (Å²) in [5.74, 6) is 0.553. The number of urea groups is 1. The van der Waals surface area contributed by atoms with E-state index in [0.29, 0.717) is 23.0 Å². The highest BCUT2D eigenvalue weighted by molar-refractivity contribution is 6.07. The highest BCUT2D eigenvalue weighted by Gasteiger charge is 2.49. The molecule has 0 spiro atoms. The first-order valence-electron chi connectivity index (χ1n) is 10.8. The zero-order valence-corrected chi connectivity index (χ0v) is 18.8. The van der Waals surface area contributed by atoms with E-state index in [2.05, 4.69) is 44.8 Å². The van der Waals surface area contributed by atoms with Crippen LogP contribution >= 0.6 is 0 Å². The van der Waals surface area contributed by atoms with Gasteiger partial charge in [0.2, 0.25) is 11.7 Å². The van der Waals surface area contributed by atoms with Gasteiger partial charge < -0.3 is 9.84 Å². The van der Waals surface area contributed by atoms with Crippen LogP contribution in [0.2, 0.25) is 0 Å². The first-order valence-corrected chi connectivity index (χ1v) is 10.8. The third-order valence-corrected chi connectivity index (χ3v) is 5.91. The molecule has 1 atom stereocenters. The minimum atomic E-state index is -1.27. The zero-order chi connectivity index (χ0) is 23.9. The number of hydrogen-bond donors (Lipinski definition) is 1. The third-order valence-electron chi connectivity index (χ3n) is 5.91. The predicted octanol–water partition coefficient (Wildman–Crippen LogP) is 2.80. The maximum absolute atomic E-state index is 13.3. The van der Waals surface area contributed by atoms with Crippen molar-refractivity contribution in [2.45, 2.75) is 38.8 Å². The van der Waals surface area contributed by atoms with Gasteiger partial charge in [0.25, 0.3) is 5.91 Å². The Morgan fingerprint density at radius 3 is 2.62 bits per heavy atom. The fourth-order valence-corrected chi connectivity index (χ4v) is 3.86. The largest absolute Gasteiger partial charge is 0.337 e. The van der Waals surface area contributed by atoms with E-state index in [-0.39, 0.29) is 12.4 Å². The Morgan fingerprint density at radius 2 is 1.91 bits per heavy atom. The quantitative estimate of drug-likeness (QED) is 0.436. The third kappa shape index (κ3) is 3.70. The maximum atomic E-state index is 13.3. The zero-order valence-electron chi connectivity index (χ0n) is 18.8. The Balaban J connectivity index is 1.36. The molecule has 2 aromatic carbocycles. The number of imide groups is 1. The highest BCUT2D eigenvalue weighted by Crippen LogP contribution is 2.31. The van der Waals surface area contributed by atoms with E-state index in [1.807, 2.05) is 24.3 Å². The van der Waals surface area contributed by atoms with Gasteiger partial charge in [0, 0.05) is 5.56 Å². The molecule has 172 valence electrons. The Labute approximate surface area is 194 Å². The molecule has 1 saturated heterocycles. The molecule has 1 N–H and O–H groups in total. The first-order chi connectivity index (χ1) is 16.3. The van der Waals surface area contributed by atoms with Crippen molar-refractivity contribution in [3.05, 3.63) is 71.9 Å². The Hall–Kier alpha value is -4.41. The van der Waals surface area contributed by atoms with Gasteiger partial charge in [-0.2, -0.15) is 4.98 Å². The molecule has 2 aromatic heterocycles. The molecule has 0 radical (unpaired) electrons. The summed E-state index contributed by atoms with van der Waals surface area (Å²) >= 11 is 0. The summed E-state index contributed by atoms with van der Waals surface area (Å²) in [5.41, 5.74) is 1.99. The fourth-order valence-electron chi connectivity index (χ4n) is 3.86. The van der Waals surface area contributed by atoms with Gasteiger partial charge in [0.1, 0.15) is 18.4 Å². The number of amides is 3. The lowest BCUT2D eigenvalue weighted by Gasteiger charge is -2.22. The van der Waals surface area contributed by atoms with Crippen molar-refractivity contribution in [3.63, 3.8) is 0 Å². The lowest BCUT2D eigenvalue weighted by atomic mass is 9.91. The van der Waals surface area contributed by atoms with Crippen LogP contribution in [0.5, 0.6) is 0 Å². The second kappa shape index (κ2) is 8.18. The SMILES string of the molecule is CC(C)c1ccc(-c2noc(CN3C(=O)N[C@](C)(c4cccc(-n5cnnn5)c4)C3=O)n2)cc1. The minimum absolute atomic E-state index is 0.135. The highest BCUT2D eigenvalue weighted by atomic mass is 16.5. The first kappa shape index (κ1) is 21.4. The second-order valence-corrected chi connectivity index (χ2v) is 8.54. The van der Waals surface area contributed by atoms with Crippen molar-refractivity contribution in [1.29, 1.82) is 0 Å². The van der Waals surface area contributed by atoms with Crippen LogP contribution in [0.25, 0.3) is 17.1 Å². The van der Waals surface area contributed by atoms with E-state index in [4.69, 9.17) is 4.52 Å². The number of aromatic nitrogens is 6. The molecule has 34 heavy (non-hydrogen) atoms. The average molecular weight is 458 g/mol. The van der Waals surface area contributed by atoms with E-state index in [0.717, 1.165) is 10.5 Å². The summed E-state index contributed by atoms with van der Waals surface area (Å²) in [4.78, 5) is 31.5. The van der Waals surface area contributed by atoms with Crippen molar-refractivity contribution in [2.75, 3.05) is 0 Å². The average Bonchev–Trinajstić information content (AvgIpc) is 3.58. The molecule has 0 aliphatic carbocycles. The Morgan fingerprint density at radius 1 is 1.12 bits per heavy atom. The molecule has 3 heterocycles. The monoisotopic (exact) mass is 458 g/mol. The van der Waals surface area contributed by atoms with Gasteiger partial charge >= 0.3 is 6.03 Å². The molecule has 1 fully saturated rings. The van der Waals surface area contributed by atoms with Gasteiger partial charge in [-0.25, -0.2) is 9.48 Å². The number of carbonyl (C=O) groups is 2. The standard InChI is InChI=1S/C23H22N8O3/c1-14(2)15-7-9-16(10-8-15)20-25-19(34-27-20)12-30-21(32)23(3,26-22(30)33)17-5-4-6-18(11-17)31-13-24-28-29-31/h4-11,13-14H,12H2,1-3H3,(H,26,33)/t23-/m1/s1. The van der Waals surface area contributed by atoms with Crippen LogP contribution in [0.15, 0.2) is 59.4 Å². The van der Waals surface area contributed by atoms with Gasteiger partial charge in [-0.15, -0.1) is 5.10 Å². The number of tetrazole rings is 1.